The fourth-order valence-electron chi connectivity index (χ4n) is 1.39. The molecule has 1 aliphatic heterocycles. The molecule has 15 heavy (non-hydrogen) atoms. The smallest absolute Gasteiger partial charge is 0.258 e. The molecule has 0 aromatic heterocycles. The van der Waals surface area contributed by atoms with Gasteiger partial charge in [0.25, 0.3) is 5.91 Å². The molecule has 1 aromatic carbocycles. The molecule has 0 radical (unpaired) electrons. The molecule has 1 unspecified atom stereocenters. The Labute approximate surface area is 104 Å². The largest absolute Gasteiger partial charge is 0.271 e. The average Bonchev–Trinajstić information content (AvgIpc) is 2.20. The van der Waals surface area contributed by atoms with E-state index in [1.165, 1.54) is 0 Å². The van der Waals surface area contributed by atoms with E-state index in [-0.39, 0.29) is 11.8 Å². The molecule has 0 saturated carbocycles. The molecule has 0 fully saturated rings. The molecular formula is C11H7Br2NO. The van der Waals surface area contributed by atoms with Gasteiger partial charge in [0.1, 0.15) is 4.62 Å². The Morgan fingerprint density at radius 2 is 1.80 bits per heavy atom. The number of benzene rings is 1. The second kappa shape index (κ2) is 4.41. The predicted molar refractivity (Wildman–Crippen MR) is 67.4 cm³/mol. The molecule has 0 aliphatic carbocycles. The summed E-state index contributed by atoms with van der Waals surface area (Å²) in [6.07, 6.45) is 3.65. The van der Waals surface area contributed by atoms with Gasteiger partial charge in [-0.3, -0.25) is 4.79 Å². The molecule has 2 nitrogen and oxygen atoms in total. The minimum atomic E-state index is -0.251. The minimum absolute atomic E-state index is 0.133. The first-order chi connectivity index (χ1) is 7.16. The summed E-state index contributed by atoms with van der Waals surface area (Å²) in [6.45, 7) is 0. The number of aliphatic imine (C=N–C) groups is 1. The fourth-order valence-corrected chi connectivity index (χ4v) is 1.99. The lowest BCUT2D eigenvalue weighted by atomic mass is 9.97. The second-order valence-corrected chi connectivity index (χ2v) is 4.89. The maximum Gasteiger partial charge on any atom is 0.258 e. The van der Waals surface area contributed by atoms with E-state index >= 15 is 0 Å². The highest BCUT2D eigenvalue weighted by atomic mass is 79.9. The first kappa shape index (κ1) is 10.8. The number of amides is 1. The summed E-state index contributed by atoms with van der Waals surface area (Å²) in [4.78, 5) is 15.5. The van der Waals surface area contributed by atoms with Gasteiger partial charge in [0.05, 0.1) is 5.92 Å². The Kier molecular flexibility index (Phi) is 3.17. The third-order valence-electron chi connectivity index (χ3n) is 2.14. The molecule has 0 bridgehead atoms. The number of dihydropyridines is 1. The van der Waals surface area contributed by atoms with E-state index in [1.807, 2.05) is 30.3 Å². The molecule has 1 aromatic rings. The van der Waals surface area contributed by atoms with Crippen LogP contribution in [0.5, 0.6) is 0 Å². The topological polar surface area (TPSA) is 29.4 Å². The van der Waals surface area contributed by atoms with Crippen molar-refractivity contribution in [3.63, 3.8) is 0 Å². The van der Waals surface area contributed by atoms with Crippen molar-refractivity contribution in [3.8, 4) is 0 Å². The predicted octanol–water partition coefficient (Wildman–Crippen LogP) is 3.42. The van der Waals surface area contributed by atoms with Crippen LogP contribution in [-0.2, 0) is 4.79 Å². The molecule has 4 heteroatoms. The summed E-state index contributed by atoms with van der Waals surface area (Å²) >= 11 is 6.53. The van der Waals surface area contributed by atoms with Gasteiger partial charge in [0, 0.05) is 4.47 Å². The standard InChI is InChI=1S/C11H7Br2NO/c12-8-3-1-7(2-4-8)9-5-6-10(13)14-11(9)15/h1-6,9H. The van der Waals surface area contributed by atoms with Crippen LogP contribution in [0.15, 0.2) is 45.9 Å². The van der Waals surface area contributed by atoms with Gasteiger partial charge in [0.2, 0.25) is 0 Å². The summed E-state index contributed by atoms with van der Waals surface area (Å²) in [7, 11) is 0. The quantitative estimate of drug-likeness (QED) is 0.776. The Morgan fingerprint density at radius 3 is 2.40 bits per heavy atom. The fraction of sp³-hybridized carbons (Fsp3) is 0.0909. The van der Waals surface area contributed by atoms with Crippen molar-refractivity contribution >= 4 is 42.4 Å². The zero-order valence-electron chi connectivity index (χ0n) is 7.65. The number of carbonyl (C=O) groups is 1. The molecule has 1 aliphatic rings. The summed E-state index contributed by atoms with van der Waals surface area (Å²) in [6, 6.07) is 7.69. The lowest BCUT2D eigenvalue weighted by Gasteiger charge is -2.12. The van der Waals surface area contributed by atoms with Crippen LogP contribution in [0.25, 0.3) is 0 Å². The van der Waals surface area contributed by atoms with Crippen molar-refractivity contribution in [2.24, 2.45) is 4.99 Å². The van der Waals surface area contributed by atoms with Gasteiger partial charge < -0.3 is 0 Å². The molecule has 0 saturated heterocycles. The summed E-state index contributed by atoms with van der Waals surface area (Å²) in [5.74, 6) is -0.383. The first-order valence-corrected chi connectivity index (χ1v) is 5.97. The SMILES string of the molecule is O=C1N=C(Br)C=CC1c1ccc(Br)cc1. The van der Waals surface area contributed by atoms with E-state index in [4.69, 9.17) is 0 Å². The van der Waals surface area contributed by atoms with Crippen molar-refractivity contribution in [3.05, 3.63) is 46.5 Å². The van der Waals surface area contributed by atoms with Gasteiger partial charge in [-0.15, -0.1) is 0 Å². The van der Waals surface area contributed by atoms with Gasteiger partial charge in [0.15, 0.2) is 0 Å². The van der Waals surface area contributed by atoms with Crippen LogP contribution in [-0.4, -0.2) is 10.5 Å². The zero-order valence-corrected chi connectivity index (χ0v) is 10.8. The molecule has 76 valence electrons. The normalized spacial score (nSPS) is 20.3. The highest BCUT2D eigenvalue weighted by Gasteiger charge is 2.20. The third-order valence-corrected chi connectivity index (χ3v) is 3.11. The van der Waals surface area contributed by atoms with Crippen molar-refractivity contribution in [2.45, 2.75) is 5.92 Å². The second-order valence-electron chi connectivity index (χ2n) is 3.16. The number of carbonyl (C=O) groups excluding carboxylic acids is 1. The lowest BCUT2D eigenvalue weighted by molar-refractivity contribution is -0.118. The minimum Gasteiger partial charge on any atom is -0.271 e. The van der Waals surface area contributed by atoms with Crippen LogP contribution in [0.4, 0.5) is 0 Å². The van der Waals surface area contributed by atoms with Crippen molar-refractivity contribution in [1.82, 2.24) is 0 Å². The Morgan fingerprint density at radius 1 is 1.13 bits per heavy atom. The lowest BCUT2D eigenvalue weighted by Crippen LogP contribution is -2.12. The van der Waals surface area contributed by atoms with Crippen LogP contribution in [0, 0.1) is 0 Å². The van der Waals surface area contributed by atoms with Crippen LogP contribution in [0.2, 0.25) is 0 Å². The number of allylic oxidation sites excluding steroid dienone is 1. The first-order valence-electron chi connectivity index (χ1n) is 4.38. The number of nitrogens with zero attached hydrogens (tertiary/aromatic N) is 1. The van der Waals surface area contributed by atoms with Crippen molar-refractivity contribution in [1.29, 1.82) is 0 Å². The molecule has 1 heterocycles. The van der Waals surface area contributed by atoms with E-state index in [0.717, 1.165) is 10.0 Å². The van der Waals surface area contributed by atoms with Crippen LogP contribution in [0.3, 0.4) is 0 Å². The highest BCUT2D eigenvalue weighted by Crippen LogP contribution is 2.24. The Balaban J connectivity index is 2.30. The van der Waals surface area contributed by atoms with E-state index in [2.05, 4.69) is 36.9 Å². The van der Waals surface area contributed by atoms with Gasteiger partial charge in [-0.2, -0.15) is 0 Å². The van der Waals surface area contributed by atoms with E-state index in [0.29, 0.717) is 4.62 Å². The van der Waals surface area contributed by atoms with Crippen LogP contribution < -0.4 is 0 Å². The summed E-state index contributed by atoms with van der Waals surface area (Å²) in [5.41, 5.74) is 0.961. The van der Waals surface area contributed by atoms with Crippen molar-refractivity contribution < 1.29 is 4.79 Å². The maximum absolute atomic E-state index is 11.6. The highest BCUT2D eigenvalue weighted by molar-refractivity contribution is 9.18. The van der Waals surface area contributed by atoms with Crippen LogP contribution >= 0.6 is 31.9 Å². The van der Waals surface area contributed by atoms with Gasteiger partial charge in [-0.1, -0.05) is 34.1 Å². The van der Waals surface area contributed by atoms with E-state index < -0.39 is 0 Å². The molecule has 0 N–H and O–H groups in total. The monoisotopic (exact) mass is 327 g/mol. The van der Waals surface area contributed by atoms with Gasteiger partial charge >= 0.3 is 0 Å². The van der Waals surface area contributed by atoms with Gasteiger partial charge in [-0.25, -0.2) is 4.99 Å². The molecule has 1 atom stereocenters. The molecule has 1 amide bonds. The van der Waals surface area contributed by atoms with E-state index in [1.54, 1.807) is 6.08 Å². The average molecular weight is 329 g/mol. The maximum atomic E-state index is 11.6. The number of halogens is 2. The van der Waals surface area contributed by atoms with Gasteiger partial charge in [-0.05, 0) is 39.7 Å². The zero-order chi connectivity index (χ0) is 10.8. The number of hydrogen-bond acceptors (Lipinski definition) is 1. The third kappa shape index (κ3) is 2.44. The Hall–Kier alpha value is -0.740. The van der Waals surface area contributed by atoms with Crippen molar-refractivity contribution in [2.75, 3.05) is 0 Å². The van der Waals surface area contributed by atoms with E-state index in [9.17, 15) is 4.79 Å². The van der Waals surface area contributed by atoms with Crippen LogP contribution in [0.1, 0.15) is 11.5 Å². The number of hydrogen-bond donors (Lipinski definition) is 0. The number of rotatable bonds is 1. The molecule has 2 rings (SSSR count). The summed E-state index contributed by atoms with van der Waals surface area (Å²) < 4.78 is 1.59. The Bertz CT molecular complexity index is 448. The molecular weight excluding hydrogens is 322 g/mol. The summed E-state index contributed by atoms with van der Waals surface area (Å²) in [5, 5.41) is 0. The molecule has 0 spiro atoms.